The summed E-state index contributed by atoms with van der Waals surface area (Å²) in [5.41, 5.74) is 3.40. The minimum atomic E-state index is -1.01. The third-order valence-electron chi connectivity index (χ3n) is 5.39. The number of aryl methyl sites for hydroxylation is 2. The fourth-order valence-electron chi connectivity index (χ4n) is 3.50. The first-order valence-electron chi connectivity index (χ1n) is 10.4. The molecular formula is C24H28N2O5. The number of ether oxygens (including phenoxy) is 2. The van der Waals surface area contributed by atoms with Crippen molar-refractivity contribution in [1.29, 1.82) is 0 Å². The Kier molecular flexibility index (Phi) is 6.95. The van der Waals surface area contributed by atoms with E-state index in [1.54, 1.807) is 17.0 Å². The molecule has 0 aromatic heterocycles. The number of hydrogen-bond donors (Lipinski definition) is 1. The number of methoxy groups -OCH3 is 1. The second kappa shape index (κ2) is 9.64. The Hall–Kier alpha value is -3.35. The zero-order chi connectivity index (χ0) is 22.5. The smallest absolute Gasteiger partial charge is 0.312 e. The van der Waals surface area contributed by atoms with Crippen molar-refractivity contribution in [2.75, 3.05) is 23.9 Å². The summed E-state index contributed by atoms with van der Waals surface area (Å²) in [6, 6.07) is 13.1. The molecule has 1 heterocycles. The molecule has 0 spiro atoms. The van der Waals surface area contributed by atoms with E-state index >= 15 is 0 Å². The van der Waals surface area contributed by atoms with Gasteiger partial charge in [0.2, 0.25) is 5.91 Å². The maximum Gasteiger partial charge on any atom is 0.312 e. The molecule has 0 aliphatic carbocycles. The summed E-state index contributed by atoms with van der Waals surface area (Å²) in [5, 5.41) is 2.73. The van der Waals surface area contributed by atoms with Gasteiger partial charge in [-0.15, -0.1) is 0 Å². The summed E-state index contributed by atoms with van der Waals surface area (Å²) in [7, 11) is 1.52. The molecule has 7 nitrogen and oxygen atoms in total. The zero-order valence-corrected chi connectivity index (χ0v) is 18.3. The van der Waals surface area contributed by atoms with E-state index in [0.29, 0.717) is 11.4 Å². The van der Waals surface area contributed by atoms with E-state index in [1.807, 2.05) is 37.3 Å². The molecule has 0 bridgehead atoms. The number of nitrogens with one attached hydrogen (secondary N) is 1. The van der Waals surface area contributed by atoms with Crippen LogP contribution in [0.5, 0.6) is 5.75 Å². The van der Waals surface area contributed by atoms with Crippen molar-refractivity contribution >= 4 is 29.2 Å². The second-order valence-electron chi connectivity index (χ2n) is 7.70. The molecule has 1 aliphatic heterocycles. The van der Waals surface area contributed by atoms with Crippen LogP contribution in [0.1, 0.15) is 31.4 Å². The van der Waals surface area contributed by atoms with Gasteiger partial charge in [-0.2, -0.15) is 0 Å². The van der Waals surface area contributed by atoms with Crippen molar-refractivity contribution in [1.82, 2.24) is 0 Å². The summed E-state index contributed by atoms with van der Waals surface area (Å²) < 4.78 is 10.6. The van der Waals surface area contributed by atoms with Gasteiger partial charge in [-0.1, -0.05) is 25.1 Å². The maximum atomic E-state index is 12.6. The Morgan fingerprint density at radius 3 is 2.55 bits per heavy atom. The Labute approximate surface area is 182 Å². The zero-order valence-electron chi connectivity index (χ0n) is 18.3. The van der Waals surface area contributed by atoms with E-state index < -0.39 is 23.9 Å². The van der Waals surface area contributed by atoms with Gasteiger partial charge in [0.05, 0.1) is 18.7 Å². The lowest BCUT2D eigenvalue weighted by Gasteiger charge is -2.18. The Balaban J connectivity index is 1.60. The highest BCUT2D eigenvalue weighted by atomic mass is 16.5. The predicted molar refractivity (Wildman–Crippen MR) is 118 cm³/mol. The van der Waals surface area contributed by atoms with Crippen molar-refractivity contribution in [3.05, 3.63) is 53.6 Å². The molecule has 2 atom stereocenters. The molecule has 7 heteroatoms. The first-order chi connectivity index (χ1) is 14.8. The molecule has 1 saturated heterocycles. The van der Waals surface area contributed by atoms with E-state index in [-0.39, 0.29) is 18.9 Å². The van der Waals surface area contributed by atoms with Crippen molar-refractivity contribution in [2.24, 2.45) is 5.92 Å². The Morgan fingerprint density at radius 2 is 1.90 bits per heavy atom. The van der Waals surface area contributed by atoms with Gasteiger partial charge >= 0.3 is 5.97 Å². The summed E-state index contributed by atoms with van der Waals surface area (Å²) >= 11 is 0. The van der Waals surface area contributed by atoms with Gasteiger partial charge in [0.25, 0.3) is 5.91 Å². The molecule has 1 aliphatic rings. The van der Waals surface area contributed by atoms with Crippen LogP contribution in [0.3, 0.4) is 0 Å². The monoisotopic (exact) mass is 424 g/mol. The van der Waals surface area contributed by atoms with E-state index in [9.17, 15) is 14.4 Å². The number of benzene rings is 2. The molecule has 0 saturated carbocycles. The third-order valence-corrected chi connectivity index (χ3v) is 5.39. The largest absolute Gasteiger partial charge is 0.495 e. The minimum absolute atomic E-state index is 0.0639. The second-order valence-corrected chi connectivity index (χ2v) is 7.70. The number of rotatable bonds is 7. The van der Waals surface area contributed by atoms with Crippen molar-refractivity contribution in [3.8, 4) is 5.75 Å². The fraction of sp³-hybridized carbons (Fsp3) is 0.375. The predicted octanol–water partition coefficient (Wildman–Crippen LogP) is 3.49. The highest BCUT2D eigenvalue weighted by molar-refractivity contribution is 6.00. The van der Waals surface area contributed by atoms with Gasteiger partial charge in [-0.05, 0) is 55.7 Å². The fourth-order valence-corrected chi connectivity index (χ4v) is 3.50. The first kappa shape index (κ1) is 22.3. The Morgan fingerprint density at radius 1 is 1.19 bits per heavy atom. The number of amides is 2. The number of carbonyl (C=O) groups excluding carboxylic acids is 3. The molecule has 2 aromatic carbocycles. The van der Waals surface area contributed by atoms with Gasteiger partial charge in [-0.3, -0.25) is 14.4 Å². The number of hydrogen-bond acceptors (Lipinski definition) is 5. The van der Waals surface area contributed by atoms with E-state index in [0.717, 1.165) is 17.7 Å². The topological polar surface area (TPSA) is 84.9 Å². The molecule has 0 radical (unpaired) electrons. The number of carbonyl (C=O) groups is 3. The van der Waals surface area contributed by atoms with E-state index in [4.69, 9.17) is 9.47 Å². The quantitative estimate of drug-likeness (QED) is 0.688. The van der Waals surface area contributed by atoms with Crippen LogP contribution in [0.25, 0.3) is 0 Å². The standard InChI is InChI=1S/C24H28N2O5/c1-5-17-7-9-19(10-8-17)26-14-18(13-22(26)27)24(29)31-16(3)23(28)25-20-12-15(2)6-11-21(20)30-4/h6-12,16,18H,5,13-14H2,1-4H3,(H,25,28)/t16-,18-/m1/s1. The number of esters is 1. The molecule has 2 amide bonds. The normalized spacial score (nSPS) is 16.7. The number of nitrogens with zero attached hydrogens (tertiary/aromatic N) is 1. The summed E-state index contributed by atoms with van der Waals surface area (Å²) in [4.78, 5) is 39.2. The van der Waals surface area contributed by atoms with E-state index in [2.05, 4.69) is 12.2 Å². The third kappa shape index (κ3) is 5.23. The van der Waals surface area contributed by atoms with Gasteiger partial charge in [0.1, 0.15) is 5.75 Å². The van der Waals surface area contributed by atoms with Crippen LogP contribution in [-0.4, -0.2) is 37.5 Å². The average molecular weight is 424 g/mol. The van der Waals surface area contributed by atoms with Gasteiger partial charge in [-0.25, -0.2) is 0 Å². The Bertz CT molecular complexity index is 970. The van der Waals surface area contributed by atoms with Crippen LogP contribution in [0, 0.1) is 12.8 Å². The molecule has 1 N–H and O–H groups in total. The van der Waals surface area contributed by atoms with E-state index in [1.165, 1.54) is 19.6 Å². The average Bonchev–Trinajstić information content (AvgIpc) is 3.15. The van der Waals surface area contributed by atoms with Crippen LogP contribution in [0.15, 0.2) is 42.5 Å². The van der Waals surface area contributed by atoms with Crippen LogP contribution in [-0.2, 0) is 25.5 Å². The van der Waals surface area contributed by atoms with Crippen LogP contribution >= 0.6 is 0 Å². The lowest BCUT2D eigenvalue weighted by Crippen LogP contribution is -2.33. The minimum Gasteiger partial charge on any atom is -0.495 e. The van der Waals surface area contributed by atoms with Crippen molar-refractivity contribution in [3.63, 3.8) is 0 Å². The highest BCUT2D eigenvalue weighted by Crippen LogP contribution is 2.28. The van der Waals surface area contributed by atoms with Crippen molar-refractivity contribution < 1.29 is 23.9 Å². The molecule has 1 fully saturated rings. The lowest BCUT2D eigenvalue weighted by atomic mass is 10.1. The molecule has 2 aromatic rings. The van der Waals surface area contributed by atoms with Crippen LogP contribution < -0.4 is 15.0 Å². The molecule has 31 heavy (non-hydrogen) atoms. The maximum absolute atomic E-state index is 12.6. The van der Waals surface area contributed by atoms with Crippen molar-refractivity contribution in [2.45, 2.75) is 39.7 Å². The molecular weight excluding hydrogens is 396 g/mol. The SMILES string of the molecule is CCc1ccc(N2C[C@H](C(=O)O[C@H](C)C(=O)Nc3cc(C)ccc3OC)CC2=O)cc1. The van der Waals surface area contributed by atoms with Gasteiger partial charge in [0.15, 0.2) is 6.10 Å². The first-order valence-corrected chi connectivity index (χ1v) is 10.4. The molecule has 0 unspecified atom stereocenters. The molecule has 3 rings (SSSR count). The highest BCUT2D eigenvalue weighted by Gasteiger charge is 2.37. The summed E-state index contributed by atoms with van der Waals surface area (Å²) in [6.07, 6.45) is -0.0305. The van der Waals surface area contributed by atoms with Gasteiger partial charge < -0.3 is 19.7 Å². The summed E-state index contributed by atoms with van der Waals surface area (Å²) in [6.45, 7) is 5.71. The lowest BCUT2D eigenvalue weighted by molar-refractivity contribution is -0.157. The summed E-state index contributed by atoms with van der Waals surface area (Å²) in [5.74, 6) is -1.24. The molecule has 164 valence electrons. The van der Waals surface area contributed by atoms with Gasteiger partial charge in [0, 0.05) is 18.7 Å². The number of anilines is 2. The van der Waals surface area contributed by atoms with Crippen LogP contribution in [0.4, 0.5) is 11.4 Å². The van der Waals surface area contributed by atoms with Crippen LogP contribution in [0.2, 0.25) is 0 Å².